The molecule has 0 radical (unpaired) electrons. The lowest BCUT2D eigenvalue weighted by molar-refractivity contribution is -0.113. The van der Waals surface area contributed by atoms with E-state index >= 15 is 0 Å². The summed E-state index contributed by atoms with van der Waals surface area (Å²) in [5, 5.41) is 3.73. The van der Waals surface area contributed by atoms with Crippen LogP contribution in [0.1, 0.15) is 20.3 Å². The first kappa shape index (κ1) is 19.2. The van der Waals surface area contributed by atoms with Crippen molar-refractivity contribution in [3.05, 3.63) is 41.1 Å². The summed E-state index contributed by atoms with van der Waals surface area (Å²) in [7, 11) is 0. The number of carbonyl (C=O) groups excluding carboxylic acids is 1. The highest BCUT2D eigenvalue weighted by Gasteiger charge is 2.23. The number of hydrogen-bond acceptors (Lipinski definition) is 5. The maximum absolute atomic E-state index is 12.2. The minimum atomic E-state index is -0.0534. The third-order valence-corrected chi connectivity index (χ3v) is 5.94. The molecule has 138 valence electrons. The number of para-hydroxylation sites is 1. The Kier molecular flexibility index (Phi) is 6.53. The monoisotopic (exact) mass is 434 g/mol. The van der Waals surface area contributed by atoms with Crippen molar-refractivity contribution in [2.75, 3.05) is 29.1 Å². The zero-order valence-corrected chi connectivity index (χ0v) is 17.4. The Morgan fingerprint density at radius 1 is 1.27 bits per heavy atom. The maximum Gasteiger partial charge on any atom is 0.234 e. The zero-order valence-electron chi connectivity index (χ0n) is 15.0. The molecule has 0 spiro atoms. The second-order valence-electron chi connectivity index (χ2n) is 6.88. The topological polar surface area (TPSA) is 58.1 Å². The van der Waals surface area contributed by atoms with Gasteiger partial charge in [0.2, 0.25) is 5.91 Å². The van der Waals surface area contributed by atoms with Crippen LogP contribution in [0.4, 0.5) is 11.5 Å². The Labute approximate surface area is 167 Å². The van der Waals surface area contributed by atoms with Crippen LogP contribution in [0.25, 0.3) is 0 Å². The Bertz CT molecular complexity index is 763. The lowest BCUT2D eigenvalue weighted by Gasteiger charge is -2.35. The predicted octanol–water partition coefficient (Wildman–Crippen LogP) is 4.45. The number of hydrogen-bond donors (Lipinski definition) is 1. The molecule has 7 heteroatoms. The third-order valence-electron chi connectivity index (χ3n) is 4.32. The smallest absolute Gasteiger partial charge is 0.234 e. The van der Waals surface area contributed by atoms with Crippen molar-refractivity contribution < 1.29 is 4.79 Å². The average Bonchev–Trinajstić information content (AvgIpc) is 2.61. The predicted molar refractivity (Wildman–Crippen MR) is 111 cm³/mol. The normalized spacial score (nSPS) is 20.0. The molecule has 2 atom stereocenters. The van der Waals surface area contributed by atoms with Crippen LogP contribution in [0.2, 0.25) is 0 Å². The van der Waals surface area contributed by atoms with Gasteiger partial charge in [0.1, 0.15) is 17.2 Å². The van der Waals surface area contributed by atoms with Gasteiger partial charge in [0.05, 0.1) is 11.4 Å². The average molecular weight is 435 g/mol. The first-order chi connectivity index (χ1) is 12.5. The van der Waals surface area contributed by atoms with Gasteiger partial charge >= 0.3 is 0 Å². The standard InChI is InChI=1S/C19H23BrN4OS/c1-13-7-14(2)10-24(9-13)17-8-19(22-12-21-17)26-11-18(25)23-16-6-4-3-5-15(16)20/h3-6,8,12-14H,7,9-11H2,1-2H3,(H,23,25). The van der Waals surface area contributed by atoms with Crippen LogP contribution in [0.3, 0.4) is 0 Å². The van der Waals surface area contributed by atoms with Crippen molar-refractivity contribution in [1.29, 1.82) is 0 Å². The van der Waals surface area contributed by atoms with Gasteiger partial charge in [-0.25, -0.2) is 9.97 Å². The number of thioether (sulfide) groups is 1. The van der Waals surface area contributed by atoms with Gasteiger partial charge in [0.15, 0.2) is 0 Å². The number of nitrogens with one attached hydrogen (secondary N) is 1. The molecule has 1 N–H and O–H groups in total. The Morgan fingerprint density at radius 3 is 2.73 bits per heavy atom. The van der Waals surface area contributed by atoms with Crippen LogP contribution in [-0.2, 0) is 4.79 Å². The summed E-state index contributed by atoms with van der Waals surface area (Å²) in [6.45, 7) is 6.61. The van der Waals surface area contributed by atoms with Gasteiger partial charge in [-0.05, 0) is 46.3 Å². The molecule has 1 fully saturated rings. The van der Waals surface area contributed by atoms with Crippen molar-refractivity contribution in [3.8, 4) is 0 Å². The molecule has 3 rings (SSSR count). The van der Waals surface area contributed by atoms with E-state index in [1.165, 1.54) is 18.2 Å². The SMILES string of the molecule is CC1CC(C)CN(c2cc(SCC(=O)Nc3ccccc3Br)ncn2)C1. The lowest BCUT2D eigenvalue weighted by atomic mass is 9.92. The van der Waals surface area contributed by atoms with E-state index in [1.54, 1.807) is 6.33 Å². The highest BCUT2D eigenvalue weighted by Crippen LogP contribution is 2.27. The van der Waals surface area contributed by atoms with Crippen molar-refractivity contribution in [2.45, 2.75) is 25.3 Å². The molecule has 0 aliphatic carbocycles. The second-order valence-corrected chi connectivity index (χ2v) is 8.73. The van der Waals surface area contributed by atoms with Crippen molar-refractivity contribution in [2.24, 2.45) is 11.8 Å². The van der Waals surface area contributed by atoms with Crippen LogP contribution in [0, 0.1) is 11.8 Å². The van der Waals surface area contributed by atoms with Gasteiger partial charge in [-0.3, -0.25) is 4.79 Å². The van der Waals surface area contributed by atoms with E-state index < -0.39 is 0 Å². The number of carbonyl (C=O) groups is 1. The van der Waals surface area contributed by atoms with Crippen molar-refractivity contribution in [3.63, 3.8) is 0 Å². The Balaban J connectivity index is 1.58. The molecule has 0 bridgehead atoms. The minimum Gasteiger partial charge on any atom is -0.356 e. The summed E-state index contributed by atoms with van der Waals surface area (Å²) < 4.78 is 0.871. The first-order valence-corrected chi connectivity index (χ1v) is 10.5. The molecular weight excluding hydrogens is 412 g/mol. The summed E-state index contributed by atoms with van der Waals surface area (Å²) in [6.07, 6.45) is 2.85. The van der Waals surface area contributed by atoms with E-state index in [1.807, 2.05) is 30.3 Å². The summed E-state index contributed by atoms with van der Waals surface area (Å²) in [4.78, 5) is 23.3. The molecule has 0 saturated carbocycles. The second kappa shape index (κ2) is 8.86. The van der Waals surface area contributed by atoms with Crippen LogP contribution in [0.15, 0.2) is 46.2 Å². The van der Waals surface area contributed by atoms with Crippen molar-refractivity contribution in [1.82, 2.24) is 9.97 Å². The van der Waals surface area contributed by atoms with E-state index in [0.717, 1.165) is 34.1 Å². The molecule has 5 nitrogen and oxygen atoms in total. The van der Waals surface area contributed by atoms with E-state index in [9.17, 15) is 4.79 Å². The number of halogens is 1. The van der Waals surface area contributed by atoms with Crippen LogP contribution in [-0.4, -0.2) is 34.7 Å². The van der Waals surface area contributed by atoms with Gasteiger partial charge < -0.3 is 10.2 Å². The lowest BCUT2D eigenvalue weighted by Crippen LogP contribution is -2.39. The molecule has 1 aromatic carbocycles. The summed E-state index contributed by atoms with van der Waals surface area (Å²) in [5.74, 6) is 2.54. The number of piperidine rings is 1. The highest BCUT2D eigenvalue weighted by molar-refractivity contribution is 9.10. The minimum absolute atomic E-state index is 0.0534. The zero-order chi connectivity index (χ0) is 18.5. The molecule has 1 saturated heterocycles. The summed E-state index contributed by atoms with van der Waals surface area (Å²) in [5.41, 5.74) is 0.776. The van der Waals surface area contributed by atoms with Gasteiger partial charge in [0.25, 0.3) is 0 Å². The van der Waals surface area contributed by atoms with Gasteiger partial charge in [-0.2, -0.15) is 0 Å². The maximum atomic E-state index is 12.2. The fourth-order valence-corrected chi connectivity index (χ4v) is 4.37. The number of rotatable bonds is 5. The van der Waals surface area contributed by atoms with E-state index in [4.69, 9.17) is 0 Å². The van der Waals surface area contributed by atoms with E-state index in [2.05, 4.69) is 50.0 Å². The number of benzene rings is 1. The van der Waals surface area contributed by atoms with Gasteiger partial charge in [0, 0.05) is 23.6 Å². The largest absolute Gasteiger partial charge is 0.356 e. The highest BCUT2D eigenvalue weighted by atomic mass is 79.9. The van der Waals surface area contributed by atoms with Gasteiger partial charge in [-0.1, -0.05) is 37.7 Å². The van der Waals surface area contributed by atoms with Crippen LogP contribution >= 0.6 is 27.7 Å². The molecule has 1 aromatic heterocycles. The fraction of sp³-hybridized carbons (Fsp3) is 0.421. The van der Waals surface area contributed by atoms with Crippen LogP contribution in [0.5, 0.6) is 0 Å². The van der Waals surface area contributed by atoms with Crippen LogP contribution < -0.4 is 10.2 Å². The van der Waals surface area contributed by atoms with Crippen molar-refractivity contribution >= 4 is 45.1 Å². The molecule has 2 aromatic rings. The first-order valence-electron chi connectivity index (χ1n) is 8.75. The Hall–Kier alpha value is -1.60. The quantitative estimate of drug-likeness (QED) is 0.556. The van der Waals surface area contributed by atoms with E-state index in [0.29, 0.717) is 17.6 Å². The molecule has 1 aliphatic rings. The van der Waals surface area contributed by atoms with Gasteiger partial charge in [-0.15, -0.1) is 0 Å². The molecule has 2 heterocycles. The molecule has 1 aliphatic heterocycles. The Morgan fingerprint density at radius 2 is 2.00 bits per heavy atom. The summed E-state index contributed by atoms with van der Waals surface area (Å²) in [6, 6.07) is 9.57. The molecule has 1 amide bonds. The number of nitrogens with zero attached hydrogens (tertiary/aromatic N) is 3. The molecule has 2 unspecified atom stereocenters. The number of amides is 1. The fourth-order valence-electron chi connectivity index (χ4n) is 3.32. The number of anilines is 2. The molecule has 26 heavy (non-hydrogen) atoms. The number of aromatic nitrogens is 2. The summed E-state index contributed by atoms with van der Waals surface area (Å²) >= 11 is 4.86. The third kappa shape index (κ3) is 5.20. The van der Waals surface area contributed by atoms with E-state index in [-0.39, 0.29) is 5.91 Å². The molecular formula is C19H23BrN4OS.